The largest absolute Gasteiger partial charge is 0.381 e. The molecule has 0 radical (unpaired) electrons. The highest BCUT2D eigenvalue weighted by Crippen LogP contribution is 2.23. The van der Waals surface area contributed by atoms with Crippen LogP contribution in [0.4, 0.5) is 5.69 Å². The van der Waals surface area contributed by atoms with Gasteiger partial charge in [-0.05, 0) is 44.0 Å². The molecular formula is C16H26N2O. The Bertz CT molecular complexity index is 371. The summed E-state index contributed by atoms with van der Waals surface area (Å²) in [6, 6.07) is 9.98. The lowest BCUT2D eigenvalue weighted by Crippen LogP contribution is -2.36. The summed E-state index contributed by atoms with van der Waals surface area (Å²) in [5.74, 6) is 0. The zero-order valence-corrected chi connectivity index (χ0v) is 12.4. The van der Waals surface area contributed by atoms with E-state index in [9.17, 15) is 0 Å². The number of rotatable bonds is 5. The van der Waals surface area contributed by atoms with Crippen LogP contribution in [0.25, 0.3) is 0 Å². The third-order valence-corrected chi connectivity index (χ3v) is 4.05. The molecule has 0 aliphatic carbocycles. The van der Waals surface area contributed by atoms with Crippen LogP contribution in [-0.2, 0) is 4.74 Å². The van der Waals surface area contributed by atoms with E-state index in [1.807, 2.05) is 0 Å². The van der Waals surface area contributed by atoms with Gasteiger partial charge in [-0.1, -0.05) is 19.1 Å². The molecule has 1 unspecified atom stereocenters. The van der Waals surface area contributed by atoms with E-state index in [0.29, 0.717) is 12.1 Å². The van der Waals surface area contributed by atoms with Crippen LogP contribution < -0.4 is 10.2 Å². The van der Waals surface area contributed by atoms with E-state index >= 15 is 0 Å². The third-order valence-electron chi connectivity index (χ3n) is 4.05. The number of nitrogens with zero attached hydrogens (tertiary/aromatic N) is 1. The maximum absolute atomic E-state index is 5.43. The molecule has 3 nitrogen and oxygen atoms in total. The molecule has 1 saturated heterocycles. The average Bonchev–Trinajstić information content (AvgIpc) is 2.48. The molecule has 0 amide bonds. The first kappa shape index (κ1) is 14.4. The SMILES string of the molecule is CCNC(C)c1ccc(N(C)C2CCOCC2)cc1. The van der Waals surface area contributed by atoms with Gasteiger partial charge in [0.15, 0.2) is 0 Å². The van der Waals surface area contributed by atoms with Crippen LogP contribution in [0.2, 0.25) is 0 Å². The van der Waals surface area contributed by atoms with Gasteiger partial charge in [0, 0.05) is 38.0 Å². The Hall–Kier alpha value is -1.06. The van der Waals surface area contributed by atoms with Crippen molar-refractivity contribution in [3.8, 4) is 0 Å². The van der Waals surface area contributed by atoms with Gasteiger partial charge < -0.3 is 15.0 Å². The molecule has 0 saturated carbocycles. The van der Waals surface area contributed by atoms with E-state index in [4.69, 9.17) is 4.74 Å². The van der Waals surface area contributed by atoms with Crippen molar-refractivity contribution in [3.05, 3.63) is 29.8 Å². The van der Waals surface area contributed by atoms with Crippen LogP contribution in [-0.4, -0.2) is 32.8 Å². The molecule has 1 fully saturated rings. The van der Waals surface area contributed by atoms with Crippen molar-refractivity contribution >= 4 is 5.69 Å². The van der Waals surface area contributed by atoms with Crippen molar-refractivity contribution < 1.29 is 4.74 Å². The summed E-state index contributed by atoms with van der Waals surface area (Å²) in [6.45, 7) is 7.14. The second kappa shape index (κ2) is 6.92. The minimum absolute atomic E-state index is 0.424. The molecule has 1 aliphatic heterocycles. The molecule has 0 spiro atoms. The van der Waals surface area contributed by atoms with E-state index < -0.39 is 0 Å². The lowest BCUT2D eigenvalue weighted by Gasteiger charge is -2.33. The van der Waals surface area contributed by atoms with Gasteiger partial charge in [-0.2, -0.15) is 0 Å². The molecule has 1 aromatic carbocycles. The highest BCUT2D eigenvalue weighted by molar-refractivity contribution is 5.48. The lowest BCUT2D eigenvalue weighted by molar-refractivity contribution is 0.0855. The molecule has 1 aromatic rings. The molecule has 1 N–H and O–H groups in total. The topological polar surface area (TPSA) is 24.5 Å². The fourth-order valence-corrected chi connectivity index (χ4v) is 2.71. The number of hydrogen-bond donors (Lipinski definition) is 1. The standard InChI is InChI=1S/C16H26N2O/c1-4-17-13(2)14-5-7-15(8-6-14)18(3)16-9-11-19-12-10-16/h5-8,13,16-17H,4,9-12H2,1-3H3. The Kier molecular flexibility index (Phi) is 5.23. The highest BCUT2D eigenvalue weighted by atomic mass is 16.5. The summed E-state index contributed by atoms with van der Waals surface area (Å²) in [5.41, 5.74) is 2.66. The van der Waals surface area contributed by atoms with Crippen molar-refractivity contribution in [3.63, 3.8) is 0 Å². The van der Waals surface area contributed by atoms with Gasteiger partial charge in [0.1, 0.15) is 0 Å². The van der Waals surface area contributed by atoms with Crippen LogP contribution in [0.1, 0.15) is 38.3 Å². The molecule has 0 aromatic heterocycles. The minimum Gasteiger partial charge on any atom is -0.381 e. The molecule has 0 bridgehead atoms. The van der Waals surface area contributed by atoms with Crippen molar-refractivity contribution in [2.24, 2.45) is 0 Å². The third kappa shape index (κ3) is 3.71. The Balaban J connectivity index is 2.00. The van der Waals surface area contributed by atoms with Crippen molar-refractivity contribution in [2.75, 3.05) is 31.7 Å². The average molecular weight is 262 g/mol. The molecule has 19 heavy (non-hydrogen) atoms. The molecule has 1 heterocycles. The number of nitrogens with one attached hydrogen (secondary N) is 1. The van der Waals surface area contributed by atoms with E-state index in [1.165, 1.54) is 11.3 Å². The predicted octanol–water partition coefficient (Wildman–Crippen LogP) is 2.97. The van der Waals surface area contributed by atoms with Crippen molar-refractivity contribution in [1.29, 1.82) is 0 Å². The monoisotopic (exact) mass is 262 g/mol. The van der Waals surface area contributed by atoms with Crippen LogP contribution in [0.15, 0.2) is 24.3 Å². The van der Waals surface area contributed by atoms with Crippen LogP contribution in [0.3, 0.4) is 0 Å². The first-order chi connectivity index (χ1) is 9.22. The van der Waals surface area contributed by atoms with Gasteiger partial charge in [-0.25, -0.2) is 0 Å². The summed E-state index contributed by atoms with van der Waals surface area (Å²) >= 11 is 0. The van der Waals surface area contributed by atoms with Gasteiger partial charge in [0.05, 0.1) is 0 Å². The maximum atomic E-state index is 5.43. The summed E-state index contributed by atoms with van der Waals surface area (Å²) in [7, 11) is 2.19. The lowest BCUT2D eigenvalue weighted by atomic mass is 10.0. The Morgan fingerprint density at radius 2 is 1.89 bits per heavy atom. The first-order valence-corrected chi connectivity index (χ1v) is 7.36. The smallest absolute Gasteiger partial charge is 0.0485 e. The second-order valence-electron chi connectivity index (χ2n) is 5.33. The summed E-state index contributed by atoms with van der Waals surface area (Å²) in [6.07, 6.45) is 2.26. The summed E-state index contributed by atoms with van der Waals surface area (Å²) in [4.78, 5) is 2.39. The number of ether oxygens (including phenoxy) is 1. The first-order valence-electron chi connectivity index (χ1n) is 7.36. The number of benzene rings is 1. The highest BCUT2D eigenvalue weighted by Gasteiger charge is 2.18. The normalized spacial score (nSPS) is 18.3. The molecule has 3 heteroatoms. The Morgan fingerprint density at radius 3 is 2.47 bits per heavy atom. The molecular weight excluding hydrogens is 236 g/mol. The van der Waals surface area contributed by atoms with E-state index in [2.05, 4.69) is 55.4 Å². The van der Waals surface area contributed by atoms with Gasteiger partial charge in [0.2, 0.25) is 0 Å². The maximum Gasteiger partial charge on any atom is 0.0485 e. The van der Waals surface area contributed by atoms with Crippen LogP contribution in [0, 0.1) is 0 Å². The molecule has 1 atom stereocenters. The minimum atomic E-state index is 0.424. The molecule has 2 rings (SSSR count). The fourth-order valence-electron chi connectivity index (χ4n) is 2.71. The van der Waals surface area contributed by atoms with Crippen LogP contribution in [0.5, 0.6) is 0 Å². The van der Waals surface area contributed by atoms with Crippen molar-refractivity contribution in [1.82, 2.24) is 5.32 Å². The summed E-state index contributed by atoms with van der Waals surface area (Å²) < 4.78 is 5.43. The zero-order chi connectivity index (χ0) is 13.7. The molecule has 1 aliphatic rings. The van der Waals surface area contributed by atoms with E-state index in [1.54, 1.807) is 0 Å². The Morgan fingerprint density at radius 1 is 1.26 bits per heavy atom. The number of hydrogen-bond acceptors (Lipinski definition) is 3. The number of anilines is 1. The summed E-state index contributed by atoms with van der Waals surface area (Å²) in [5, 5.41) is 3.44. The quantitative estimate of drug-likeness (QED) is 0.883. The fraction of sp³-hybridized carbons (Fsp3) is 0.625. The molecule has 106 valence electrons. The zero-order valence-electron chi connectivity index (χ0n) is 12.4. The van der Waals surface area contributed by atoms with Crippen molar-refractivity contribution in [2.45, 2.75) is 38.8 Å². The van der Waals surface area contributed by atoms with E-state index in [-0.39, 0.29) is 0 Å². The van der Waals surface area contributed by atoms with Gasteiger partial charge in [-0.3, -0.25) is 0 Å². The van der Waals surface area contributed by atoms with E-state index in [0.717, 1.165) is 32.6 Å². The Labute approximate surface area is 116 Å². The van der Waals surface area contributed by atoms with Gasteiger partial charge in [-0.15, -0.1) is 0 Å². The van der Waals surface area contributed by atoms with Crippen LogP contribution >= 0.6 is 0 Å². The van der Waals surface area contributed by atoms with Gasteiger partial charge in [0.25, 0.3) is 0 Å². The predicted molar refractivity (Wildman–Crippen MR) is 80.8 cm³/mol. The second-order valence-corrected chi connectivity index (χ2v) is 5.33. The van der Waals surface area contributed by atoms with Gasteiger partial charge >= 0.3 is 0 Å².